The van der Waals surface area contributed by atoms with Crippen molar-refractivity contribution in [3.05, 3.63) is 47.8 Å². The van der Waals surface area contributed by atoms with E-state index in [0.717, 1.165) is 35.7 Å². The van der Waals surface area contributed by atoms with Gasteiger partial charge in [0.05, 0.1) is 5.56 Å². The van der Waals surface area contributed by atoms with Crippen molar-refractivity contribution in [1.82, 2.24) is 9.97 Å². The number of allylic oxidation sites excluding steroid dienone is 1. The topological polar surface area (TPSA) is 47.0 Å². The van der Waals surface area contributed by atoms with Crippen molar-refractivity contribution in [2.75, 3.05) is 11.9 Å². The molecular weight excluding hydrogens is 262 g/mol. The van der Waals surface area contributed by atoms with Gasteiger partial charge in [0, 0.05) is 12.1 Å². The Morgan fingerprint density at radius 1 is 1.24 bits per heavy atom. The molecule has 0 aliphatic carbocycles. The first-order valence-corrected chi connectivity index (χ1v) is 7.21. The van der Waals surface area contributed by atoms with Crippen LogP contribution in [-0.4, -0.2) is 16.5 Å². The van der Waals surface area contributed by atoms with Crippen LogP contribution in [0.3, 0.4) is 0 Å². The van der Waals surface area contributed by atoms with Gasteiger partial charge in [-0.2, -0.15) is 0 Å². The number of rotatable bonds is 6. The van der Waals surface area contributed by atoms with E-state index in [0.29, 0.717) is 5.88 Å². The monoisotopic (exact) mass is 283 g/mol. The molecule has 4 heteroatoms. The molecule has 4 nitrogen and oxygen atoms in total. The number of benzene rings is 1. The number of hydrogen-bond acceptors (Lipinski definition) is 4. The van der Waals surface area contributed by atoms with Gasteiger partial charge >= 0.3 is 0 Å². The molecule has 0 spiro atoms. The van der Waals surface area contributed by atoms with Gasteiger partial charge in [-0.1, -0.05) is 37.3 Å². The highest BCUT2D eigenvalue weighted by Crippen LogP contribution is 2.29. The van der Waals surface area contributed by atoms with E-state index in [1.54, 1.807) is 0 Å². The summed E-state index contributed by atoms with van der Waals surface area (Å²) in [5.74, 6) is 2.20. The lowest BCUT2D eigenvalue weighted by Gasteiger charge is -2.12. The third-order valence-electron chi connectivity index (χ3n) is 3.05. The van der Waals surface area contributed by atoms with Gasteiger partial charge in [0.1, 0.15) is 17.9 Å². The summed E-state index contributed by atoms with van der Waals surface area (Å²) in [6.45, 7) is 6.95. The lowest BCUT2D eigenvalue weighted by molar-refractivity contribution is 0.456. The summed E-state index contributed by atoms with van der Waals surface area (Å²) in [7, 11) is 0. The molecule has 2 aromatic rings. The quantitative estimate of drug-likeness (QED) is 0.851. The third kappa shape index (κ3) is 3.81. The standard InChI is InChI=1S/C17H21N3O/c1-4-8-14-9-6-7-10-15(14)21-17-13(3)16(18-11-5-2)19-12-20-17/h4,6-10,12H,5,11H2,1-3H3,(H,18,19,20)/b8-4+. The molecule has 0 aliphatic heterocycles. The molecule has 1 heterocycles. The van der Waals surface area contributed by atoms with Crippen molar-refractivity contribution in [3.63, 3.8) is 0 Å². The predicted octanol–water partition coefficient (Wildman–Crippen LogP) is 4.43. The summed E-state index contributed by atoms with van der Waals surface area (Å²) in [4.78, 5) is 8.51. The average molecular weight is 283 g/mol. The van der Waals surface area contributed by atoms with E-state index in [-0.39, 0.29) is 0 Å². The van der Waals surface area contributed by atoms with Gasteiger partial charge in [-0.15, -0.1) is 0 Å². The molecule has 0 radical (unpaired) electrons. The number of ether oxygens (including phenoxy) is 1. The number of anilines is 1. The van der Waals surface area contributed by atoms with E-state index in [1.807, 2.05) is 50.3 Å². The van der Waals surface area contributed by atoms with Crippen LogP contribution in [0.2, 0.25) is 0 Å². The Morgan fingerprint density at radius 3 is 2.81 bits per heavy atom. The Labute approximate surface area is 125 Å². The third-order valence-corrected chi connectivity index (χ3v) is 3.05. The second kappa shape index (κ2) is 7.43. The van der Waals surface area contributed by atoms with Crippen molar-refractivity contribution < 1.29 is 4.74 Å². The van der Waals surface area contributed by atoms with Gasteiger partial charge in [0.2, 0.25) is 5.88 Å². The van der Waals surface area contributed by atoms with Gasteiger partial charge in [-0.3, -0.25) is 0 Å². The van der Waals surface area contributed by atoms with Crippen molar-refractivity contribution >= 4 is 11.9 Å². The van der Waals surface area contributed by atoms with Crippen LogP contribution in [0, 0.1) is 6.92 Å². The molecule has 0 fully saturated rings. The predicted molar refractivity (Wildman–Crippen MR) is 86.8 cm³/mol. The molecule has 0 unspecified atom stereocenters. The Hall–Kier alpha value is -2.36. The number of hydrogen-bond donors (Lipinski definition) is 1. The molecule has 0 aliphatic rings. The largest absolute Gasteiger partial charge is 0.438 e. The van der Waals surface area contributed by atoms with Crippen LogP contribution in [0.5, 0.6) is 11.6 Å². The second-order valence-electron chi connectivity index (χ2n) is 4.72. The zero-order chi connectivity index (χ0) is 15.1. The molecule has 21 heavy (non-hydrogen) atoms. The summed E-state index contributed by atoms with van der Waals surface area (Å²) in [6, 6.07) is 7.90. The SMILES string of the molecule is C/C=C/c1ccccc1Oc1ncnc(NCCC)c1C. The second-order valence-corrected chi connectivity index (χ2v) is 4.72. The fraction of sp³-hybridized carbons (Fsp3) is 0.294. The van der Waals surface area contributed by atoms with Gasteiger partial charge < -0.3 is 10.1 Å². The van der Waals surface area contributed by atoms with Gasteiger partial charge in [-0.25, -0.2) is 9.97 Å². The number of aromatic nitrogens is 2. The van der Waals surface area contributed by atoms with Crippen molar-refractivity contribution in [2.24, 2.45) is 0 Å². The van der Waals surface area contributed by atoms with E-state index in [4.69, 9.17) is 4.74 Å². The Morgan fingerprint density at radius 2 is 2.05 bits per heavy atom. The zero-order valence-electron chi connectivity index (χ0n) is 12.8. The number of nitrogens with zero attached hydrogens (tertiary/aromatic N) is 2. The van der Waals surface area contributed by atoms with E-state index < -0.39 is 0 Å². The highest BCUT2D eigenvalue weighted by atomic mass is 16.5. The van der Waals surface area contributed by atoms with Gasteiger partial charge in [0.25, 0.3) is 0 Å². The van der Waals surface area contributed by atoms with Gasteiger partial charge in [-0.05, 0) is 26.3 Å². The van der Waals surface area contributed by atoms with E-state index in [2.05, 4.69) is 22.2 Å². The average Bonchev–Trinajstić information content (AvgIpc) is 2.50. The summed E-state index contributed by atoms with van der Waals surface area (Å²) in [5.41, 5.74) is 1.95. The maximum Gasteiger partial charge on any atom is 0.227 e. The molecular formula is C17H21N3O. The highest BCUT2D eigenvalue weighted by molar-refractivity contribution is 5.58. The van der Waals surface area contributed by atoms with Crippen LogP contribution >= 0.6 is 0 Å². The molecule has 0 amide bonds. The van der Waals surface area contributed by atoms with Crippen LogP contribution in [0.1, 0.15) is 31.4 Å². The maximum absolute atomic E-state index is 5.97. The van der Waals surface area contributed by atoms with Gasteiger partial charge in [0.15, 0.2) is 0 Å². The zero-order valence-corrected chi connectivity index (χ0v) is 12.8. The summed E-state index contributed by atoms with van der Waals surface area (Å²) in [5, 5.41) is 3.28. The van der Waals surface area contributed by atoms with Crippen LogP contribution in [-0.2, 0) is 0 Å². The fourth-order valence-corrected chi connectivity index (χ4v) is 1.95. The smallest absolute Gasteiger partial charge is 0.227 e. The minimum atomic E-state index is 0.584. The Bertz CT molecular complexity index is 623. The van der Waals surface area contributed by atoms with Crippen LogP contribution in [0.4, 0.5) is 5.82 Å². The summed E-state index contributed by atoms with van der Waals surface area (Å²) >= 11 is 0. The molecule has 0 saturated carbocycles. The lowest BCUT2D eigenvalue weighted by Crippen LogP contribution is -2.05. The molecule has 110 valence electrons. The van der Waals surface area contributed by atoms with Crippen LogP contribution in [0.15, 0.2) is 36.7 Å². The molecule has 2 rings (SSSR count). The lowest BCUT2D eigenvalue weighted by atomic mass is 10.2. The minimum absolute atomic E-state index is 0.584. The molecule has 0 bridgehead atoms. The fourth-order valence-electron chi connectivity index (χ4n) is 1.95. The van der Waals surface area contributed by atoms with Crippen LogP contribution in [0.25, 0.3) is 6.08 Å². The normalized spacial score (nSPS) is 10.8. The summed E-state index contributed by atoms with van der Waals surface area (Å²) in [6.07, 6.45) is 6.58. The Kier molecular flexibility index (Phi) is 5.32. The van der Waals surface area contributed by atoms with E-state index >= 15 is 0 Å². The number of para-hydroxylation sites is 1. The highest BCUT2D eigenvalue weighted by Gasteiger charge is 2.10. The first-order valence-electron chi connectivity index (χ1n) is 7.21. The van der Waals surface area contributed by atoms with E-state index in [1.165, 1.54) is 6.33 Å². The first-order chi connectivity index (χ1) is 10.3. The van der Waals surface area contributed by atoms with Crippen molar-refractivity contribution in [3.8, 4) is 11.6 Å². The molecule has 0 saturated heterocycles. The van der Waals surface area contributed by atoms with Crippen molar-refractivity contribution in [1.29, 1.82) is 0 Å². The molecule has 1 N–H and O–H groups in total. The van der Waals surface area contributed by atoms with Crippen molar-refractivity contribution in [2.45, 2.75) is 27.2 Å². The maximum atomic E-state index is 5.97. The minimum Gasteiger partial charge on any atom is -0.438 e. The van der Waals surface area contributed by atoms with E-state index in [9.17, 15) is 0 Å². The molecule has 1 aromatic carbocycles. The molecule has 0 atom stereocenters. The summed E-state index contributed by atoms with van der Waals surface area (Å²) < 4.78 is 5.97. The number of nitrogens with one attached hydrogen (secondary N) is 1. The molecule has 1 aromatic heterocycles. The van der Waals surface area contributed by atoms with Crippen LogP contribution < -0.4 is 10.1 Å². The Balaban J connectivity index is 2.28. The first kappa shape index (κ1) is 15.0.